The van der Waals surface area contributed by atoms with Gasteiger partial charge in [-0.25, -0.2) is 5.43 Å². The first-order chi connectivity index (χ1) is 11.3. The third-order valence-electron chi connectivity index (χ3n) is 3.93. The molecule has 1 aromatic carbocycles. The first-order valence-corrected chi connectivity index (χ1v) is 9.17. The summed E-state index contributed by atoms with van der Waals surface area (Å²) in [6.45, 7) is 4.40. The Hall–Kier alpha value is -1.64. The molecule has 1 aromatic rings. The highest BCUT2D eigenvalue weighted by Crippen LogP contribution is 2.08. The van der Waals surface area contributed by atoms with Gasteiger partial charge in [0.15, 0.2) is 0 Å². The summed E-state index contributed by atoms with van der Waals surface area (Å²) in [6, 6.07) is 8.31. The zero-order valence-corrected chi connectivity index (χ0v) is 14.8. The van der Waals surface area contributed by atoms with Crippen LogP contribution in [0.25, 0.3) is 0 Å². The SMILES string of the molecule is CCCCCCCCCC(=O)NN=Cc1ccc(CCC)cc1. The number of nitrogens with one attached hydrogen (secondary N) is 1. The fourth-order valence-electron chi connectivity index (χ4n) is 2.54. The molecule has 0 spiro atoms. The van der Waals surface area contributed by atoms with Crippen molar-refractivity contribution in [3.8, 4) is 0 Å². The van der Waals surface area contributed by atoms with Gasteiger partial charge in [-0.3, -0.25) is 4.79 Å². The summed E-state index contributed by atoms with van der Waals surface area (Å²) < 4.78 is 0. The zero-order valence-electron chi connectivity index (χ0n) is 14.8. The van der Waals surface area contributed by atoms with Crippen molar-refractivity contribution < 1.29 is 4.79 Å². The van der Waals surface area contributed by atoms with E-state index in [0.717, 1.165) is 31.2 Å². The molecule has 0 aliphatic rings. The molecule has 0 saturated carbocycles. The molecule has 1 amide bonds. The number of rotatable bonds is 12. The van der Waals surface area contributed by atoms with E-state index >= 15 is 0 Å². The highest BCUT2D eigenvalue weighted by atomic mass is 16.2. The van der Waals surface area contributed by atoms with Crippen molar-refractivity contribution >= 4 is 12.1 Å². The van der Waals surface area contributed by atoms with Crippen molar-refractivity contribution in [1.82, 2.24) is 5.43 Å². The van der Waals surface area contributed by atoms with E-state index in [1.54, 1.807) is 6.21 Å². The van der Waals surface area contributed by atoms with E-state index in [1.807, 2.05) is 12.1 Å². The summed E-state index contributed by atoms with van der Waals surface area (Å²) >= 11 is 0. The molecule has 3 heteroatoms. The lowest BCUT2D eigenvalue weighted by Crippen LogP contribution is -2.16. The molecule has 0 aliphatic carbocycles. The minimum atomic E-state index is 0.0115. The molecule has 0 fully saturated rings. The predicted octanol–water partition coefficient (Wildman–Crippen LogP) is 5.23. The van der Waals surface area contributed by atoms with E-state index in [4.69, 9.17) is 0 Å². The fourth-order valence-corrected chi connectivity index (χ4v) is 2.54. The van der Waals surface area contributed by atoms with Gasteiger partial charge in [0.25, 0.3) is 0 Å². The van der Waals surface area contributed by atoms with Gasteiger partial charge in [0.2, 0.25) is 5.91 Å². The number of carbonyl (C=O) groups is 1. The number of amides is 1. The van der Waals surface area contributed by atoms with E-state index in [-0.39, 0.29) is 5.91 Å². The Morgan fingerprint density at radius 2 is 1.61 bits per heavy atom. The number of benzene rings is 1. The van der Waals surface area contributed by atoms with Gasteiger partial charge in [0.1, 0.15) is 0 Å². The van der Waals surface area contributed by atoms with Crippen LogP contribution in [0.2, 0.25) is 0 Å². The number of aryl methyl sites for hydroxylation is 1. The fraction of sp³-hybridized carbons (Fsp3) is 0.600. The maximum Gasteiger partial charge on any atom is 0.240 e. The topological polar surface area (TPSA) is 41.5 Å². The van der Waals surface area contributed by atoms with Gasteiger partial charge in [0.05, 0.1) is 6.21 Å². The minimum Gasteiger partial charge on any atom is -0.273 e. The maximum absolute atomic E-state index is 11.7. The number of nitrogens with zero attached hydrogens (tertiary/aromatic N) is 1. The van der Waals surface area contributed by atoms with Gasteiger partial charge < -0.3 is 0 Å². The number of hydrogen-bond donors (Lipinski definition) is 1. The van der Waals surface area contributed by atoms with Crippen molar-refractivity contribution in [2.24, 2.45) is 5.10 Å². The molecule has 0 aliphatic heterocycles. The maximum atomic E-state index is 11.7. The number of carbonyl (C=O) groups excluding carboxylic acids is 1. The Morgan fingerprint density at radius 3 is 2.26 bits per heavy atom. The van der Waals surface area contributed by atoms with Crippen molar-refractivity contribution in [1.29, 1.82) is 0 Å². The Bertz CT molecular complexity index is 451. The van der Waals surface area contributed by atoms with Gasteiger partial charge in [-0.05, 0) is 24.0 Å². The van der Waals surface area contributed by atoms with E-state index in [1.165, 1.54) is 37.7 Å². The molecule has 0 aromatic heterocycles. The first kappa shape index (κ1) is 19.4. The normalized spacial score (nSPS) is 11.0. The first-order valence-electron chi connectivity index (χ1n) is 9.17. The predicted molar refractivity (Wildman–Crippen MR) is 98.8 cm³/mol. The van der Waals surface area contributed by atoms with Crippen molar-refractivity contribution in [2.45, 2.75) is 78.1 Å². The lowest BCUT2D eigenvalue weighted by molar-refractivity contribution is -0.121. The molecule has 0 atom stereocenters. The highest BCUT2D eigenvalue weighted by Gasteiger charge is 1.99. The van der Waals surface area contributed by atoms with Gasteiger partial charge in [-0.1, -0.05) is 83.1 Å². The molecule has 128 valence electrons. The summed E-state index contributed by atoms with van der Waals surface area (Å²) in [5.74, 6) is 0.0115. The summed E-state index contributed by atoms with van der Waals surface area (Å²) in [7, 11) is 0. The van der Waals surface area contributed by atoms with Crippen LogP contribution in [-0.4, -0.2) is 12.1 Å². The molecule has 0 heterocycles. The van der Waals surface area contributed by atoms with Gasteiger partial charge in [-0.2, -0.15) is 5.10 Å². The monoisotopic (exact) mass is 316 g/mol. The lowest BCUT2D eigenvalue weighted by Gasteiger charge is -2.01. The summed E-state index contributed by atoms with van der Waals surface area (Å²) in [4.78, 5) is 11.7. The Kier molecular flexibility index (Phi) is 10.9. The van der Waals surface area contributed by atoms with Crippen LogP contribution in [0.4, 0.5) is 0 Å². The average molecular weight is 316 g/mol. The number of hydrogen-bond acceptors (Lipinski definition) is 2. The molecular weight excluding hydrogens is 284 g/mol. The smallest absolute Gasteiger partial charge is 0.240 e. The van der Waals surface area contributed by atoms with Crippen molar-refractivity contribution in [2.75, 3.05) is 0 Å². The summed E-state index contributed by atoms with van der Waals surface area (Å²) in [5, 5.41) is 4.03. The Balaban J connectivity index is 2.12. The Labute approximate surface area is 141 Å². The van der Waals surface area contributed by atoms with E-state index < -0.39 is 0 Å². The average Bonchev–Trinajstić information content (AvgIpc) is 2.56. The van der Waals surface area contributed by atoms with Crippen LogP contribution >= 0.6 is 0 Å². The molecule has 0 bridgehead atoms. The van der Waals surface area contributed by atoms with Gasteiger partial charge in [-0.15, -0.1) is 0 Å². The zero-order chi connectivity index (χ0) is 16.8. The van der Waals surface area contributed by atoms with Crippen molar-refractivity contribution in [3.05, 3.63) is 35.4 Å². The van der Waals surface area contributed by atoms with Gasteiger partial charge in [0, 0.05) is 6.42 Å². The molecule has 0 unspecified atom stereocenters. The lowest BCUT2D eigenvalue weighted by atomic mass is 10.1. The van der Waals surface area contributed by atoms with Crippen LogP contribution in [0.1, 0.15) is 82.8 Å². The third-order valence-corrected chi connectivity index (χ3v) is 3.93. The second kappa shape index (κ2) is 12.9. The van der Waals surface area contributed by atoms with Crippen LogP contribution in [0.5, 0.6) is 0 Å². The highest BCUT2D eigenvalue weighted by molar-refractivity contribution is 5.82. The van der Waals surface area contributed by atoms with E-state index in [9.17, 15) is 4.79 Å². The summed E-state index contributed by atoms with van der Waals surface area (Å²) in [5.41, 5.74) is 4.97. The minimum absolute atomic E-state index is 0.0115. The quantitative estimate of drug-likeness (QED) is 0.320. The molecule has 1 N–H and O–H groups in total. The van der Waals surface area contributed by atoms with Gasteiger partial charge >= 0.3 is 0 Å². The third kappa shape index (κ3) is 9.88. The second-order valence-corrected chi connectivity index (χ2v) is 6.16. The van der Waals surface area contributed by atoms with E-state index in [0.29, 0.717) is 6.42 Å². The molecule has 1 rings (SSSR count). The largest absolute Gasteiger partial charge is 0.273 e. The molecule has 0 radical (unpaired) electrons. The van der Waals surface area contributed by atoms with Crippen LogP contribution in [0.3, 0.4) is 0 Å². The summed E-state index contributed by atoms with van der Waals surface area (Å²) in [6.07, 6.45) is 13.1. The van der Waals surface area contributed by atoms with Crippen LogP contribution in [0, 0.1) is 0 Å². The number of hydrazone groups is 1. The van der Waals surface area contributed by atoms with E-state index in [2.05, 4.69) is 36.5 Å². The standard InChI is InChI=1S/C20H32N2O/c1-3-5-6-7-8-9-10-12-20(23)22-21-17-19-15-13-18(11-4-2)14-16-19/h13-17H,3-12H2,1-2H3,(H,22,23). The second-order valence-electron chi connectivity index (χ2n) is 6.16. The van der Waals surface area contributed by atoms with Crippen LogP contribution < -0.4 is 5.43 Å². The number of unbranched alkanes of at least 4 members (excludes halogenated alkanes) is 6. The molecule has 0 saturated heterocycles. The van der Waals surface area contributed by atoms with Crippen LogP contribution in [0.15, 0.2) is 29.4 Å². The van der Waals surface area contributed by atoms with Crippen molar-refractivity contribution in [3.63, 3.8) is 0 Å². The van der Waals surface area contributed by atoms with Crippen LogP contribution in [-0.2, 0) is 11.2 Å². The Morgan fingerprint density at radius 1 is 0.957 bits per heavy atom. The molecule has 23 heavy (non-hydrogen) atoms. The molecular formula is C20H32N2O. The molecule has 3 nitrogen and oxygen atoms in total.